The van der Waals surface area contributed by atoms with Gasteiger partial charge in [0.05, 0.1) is 12.1 Å². The fourth-order valence-electron chi connectivity index (χ4n) is 4.94. The molecule has 3 amide bonds. The van der Waals surface area contributed by atoms with Crippen molar-refractivity contribution in [3.8, 4) is 0 Å². The van der Waals surface area contributed by atoms with Gasteiger partial charge in [-0.05, 0) is 62.7 Å². The van der Waals surface area contributed by atoms with E-state index in [1.54, 1.807) is 19.1 Å². The van der Waals surface area contributed by atoms with Gasteiger partial charge in [-0.2, -0.15) is 13.2 Å². The number of nitrogens with two attached hydrogens (primary N) is 1. The molecule has 0 spiro atoms. The van der Waals surface area contributed by atoms with Gasteiger partial charge in [0, 0.05) is 19.1 Å². The first-order chi connectivity index (χ1) is 16.4. The fourth-order valence-corrected chi connectivity index (χ4v) is 4.94. The Bertz CT molecular complexity index is 979. The van der Waals surface area contributed by atoms with Crippen molar-refractivity contribution >= 4 is 17.7 Å². The molecular weight excluding hydrogens is 461 g/mol. The van der Waals surface area contributed by atoms with Crippen molar-refractivity contribution in [2.45, 2.75) is 76.3 Å². The summed E-state index contributed by atoms with van der Waals surface area (Å²) in [6, 6.07) is 4.02. The lowest BCUT2D eigenvalue weighted by Gasteiger charge is -2.39. The third-order valence-electron chi connectivity index (χ3n) is 6.72. The van der Waals surface area contributed by atoms with E-state index in [0.29, 0.717) is 37.8 Å². The minimum absolute atomic E-state index is 0.243. The highest BCUT2D eigenvalue weighted by Crippen LogP contribution is 2.37. The van der Waals surface area contributed by atoms with Crippen molar-refractivity contribution in [2.75, 3.05) is 13.1 Å². The highest BCUT2D eigenvalue weighted by Gasteiger charge is 2.47. The normalized spacial score (nSPS) is 21.6. The molecule has 2 aliphatic rings. The molecule has 35 heavy (non-hydrogen) atoms. The van der Waals surface area contributed by atoms with Crippen LogP contribution in [0.3, 0.4) is 0 Å². The molecule has 0 aromatic heterocycles. The molecule has 1 aromatic rings. The number of halogens is 3. The SMILES string of the molecule is C=C(C)[C@H](NC(=O)[C@H](C)N)C(=O)N1CCC[C@H]1CN(C(=O)C(F)(F)F)[C@@H]1CCCc2ccccc21. The number of nitrogens with zero attached hydrogens (tertiary/aromatic N) is 2. The molecular formula is C25H33F3N4O3. The van der Waals surface area contributed by atoms with Crippen LogP contribution in [0.5, 0.6) is 0 Å². The largest absolute Gasteiger partial charge is 0.471 e. The number of carbonyl (C=O) groups is 3. The van der Waals surface area contributed by atoms with Gasteiger partial charge >= 0.3 is 12.1 Å². The van der Waals surface area contributed by atoms with Gasteiger partial charge in [-0.15, -0.1) is 0 Å². The monoisotopic (exact) mass is 494 g/mol. The third kappa shape index (κ3) is 6.04. The van der Waals surface area contributed by atoms with E-state index in [1.807, 2.05) is 12.1 Å². The Labute approximate surface area is 203 Å². The molecule has 0 bridgehead atoms. The minimum Gasteiger partial charge on any atom is -0.339 e. The van der Waals surface area contributed by atoms with Gasteiger partial charge in [-0.1, -0.05) is 30.8 Å². The van der Waals surface area contributed by atoms with Gasteiger partial charge in [0.1, 0.15) is 6.04 Å². The van der Waals surface area contributed by atoms with E-state index in [0.717, 1.165) is 22.4 Å². The Balaban J connectivity index is 1.88. The molecule has 1 aliphatic heterocycles. The topological polar surface area (TPSA) is 95.7 Å². The first-order valence-electron chi connectivity index (χ1n) is 11.9. The molecule has 10 heteroatoms. The number of rotatable bonds is 7. The lowest BCUT2D eigenvalue weighted by Crippen LogP contribution is -2.56. The first-order valence-corrected chi connectivity index (χ1v) is 11.9. The number of hydrogen-bond donors (Lipinski definition) is 2. The van der Waals surface area contributed by atoms with Crippen molar-refractivity contribution in [1.82, 2.24) is 15.1 Å². The predicted octanol–water partition coefficient (Wildman–Crippen LogP) is 2.85. The zero-order valence-electron chi connectivity index (χ0n) is 20.1. The minimum atomic E-state index is -5.04. The van der Waals surface area contributed by atoms with E-state index in [2.05, 4.69) is 11.9 Å². The van der Waals surface area contributed by atoms with E-state index in [9.17, 15) is 27.6 Å². The number of likely N-dealkylation sites (tertiary alicyclic amines) is 1. The highest BCUT2D eigenvalue weighted by atomic mass is 19.4. The molecule has 1 heterocycles. The van der Waals surface area contributed by atoms with Crippen LogP contribution in [0, 0.1) is 0 Å². The summed E-state index contributed by atoms with van der Waals surface area (Å²) in [7, 11) is 0. The van der Waals surface area contributed by atoms with Crippen molar-refractivity contribution in [2.24, 2.45) is 5.73 Å². The van der Waals surface area contributed by atoms with E-state index in [1.165, 1.54) is 11.8 Å². The number of benzene rings is 1. The van der Waals surface area contributed by atoms with Crippen LogP contribution >= 0.6 is 0 Å². The number of alkyl halides is 3. The maximum absolute atomic E-state index is 13.7. The molecule has 1 fully saturated rings. The molecule has 0 unspecified atom stereocenters. The fraction of sp³-hybridized carbons (Fsp3) is 0.560. The second-order valence-electron chi connectivity index (χ2n) is 9.47. The summed E-state index contributed by atoms with van der Waals surface area (Å²) in [5.41, 5.74) is 7.65. The summed E-state index contributed by atoms with van der Waals surface area (Å²) in [6.45, 7) is 6.94. The third-order valence-corrected chi connectivity index (χ3v) is 6.72. The Hall–Kier alpha value is -2.88. The molecule has 3 rings (SSSR count). The number of fused-ring (bicyclic) bond motifs is 1. The highest BCUT2D eigenvalue weighted by molar-refractivity contribution is 5.92. The molecule has 1 aromatic carbocycles. The van der Waals surface area contributed by atoms with Gasteiger partial charge in [0.2, 0.25) is 11.8 Å². The van der Waals surface area contributed by atoms with Crippen LogP contribution in [-0.4, -0.2) is 64.9 Å². The number of amides is 3. The quantitative estimate of drug-likeness (QED) is 0.570. The molecule has 7 nitrogen and oxygen atoms in total. The Morgan fingerprint density at radius 1 is 1.23 bits per heavy atom. The Kier molecular flexibility index (Phi) is 8.25. The zero-order chi connectivity index (χ0) is 25.9. The molecule has 0 saturated carbocycles. The summed E-state index contributed by atoms with van der Waals surface area (Å²) in [4.78, 5) is 40.5. The van der Waals surface area contributed by atoms with Gasteiger partial charge in [-0.25, -0.2) is 0 Å². The first kappa shape index (κ1) is 26.7. The van der Waals surface area contributed by atoms with Crippen molar-refractivity contribution in [3.63, 3.8) is 0 Å². The average Bonchev–Trinajstić information content (AvgIpc) is 3.27. The number of nitrogens with one attached hydrogen (secondary N) is 1. The average molecular weight is 495 g/mol. The predicted molar refractivity (Wildman–Crippen MR) is 125 cm³/mol. The number of aryl methyl sites for hydroxylation is 1. The van der Waals surface area contributed by atoms with Crippen molar-refractivity contribution in [1.29, 1.82) is 0 Å². The number of hydrogen-bond acceptors (Lipinski definition) is 4. The lowest BCUT2D eigenvalue weighted by molar-refractivity contribution is -0.189. The molecule has 192 valence electrons. The van der Waals surface area contributed by atoms with E-state index < -0.39 is 48.1 Å². The molecule has 1 aliphatic carbocycles. The van der Waals surface area contributed by atoms with Crippen LogP contribution in [0.4, 0.5) is 13.2 Å². The number of carbonyl (C=O) groups excluding carboxylic acids is 3. The van der Waals surface area contributed by atoms with Gasteiger partial charge in [0.15, 0.2) is 0 Å². The summed E-state index contributed by atoms with van der Waals surface area (Å²) in [5.74, 6) is -2.90. The van der Waals surface area contributed by atoms with Gasteiger partial charge in [-0.3, -0.25) is 14.4 Å². The maximum Gasteiger partial charge on any atom is 0.471 e. The summed E-state index contributed by atoms with van der Waals surface area (Å²) < 4.78 is 41.0. The van der Waals surface area contributed by atoms with Crippen LogP contribution in [0.15, 0.2) is 36.4 Å². The molecule has 1 saturated heterocycles. The van der Waals surface area contributed by atoms with Crippen LogP contribution in [0.1, 0.15) is 56.7 Å². The molecule has 3 N–H and O–H groups in total. The van der Waals surface area contributed by atoms with Crippen LogP contribution < -0.4 is 11.1 Å². The maximum atomic E-state index is 13.7. The van der Waals surface area contributed by atoms with E-state index in [4.69, 9.17) is 5.73 Å². The van der Waals surface area contributed by atoms with Crippen LogP contribution in [0.2, 0.25) is 0 Å². The Morgan fingerprint density at radius 2 is 1.91 bits per heavy atom. The van der Waals surface area contributed by atoms with Crippen LogP contribution in [-0.2, 0) is 20.8 Å². The standard InChI is InChI=1S/C25H33F3N4O3/c1-15(2)21(30-22(33)16(3)29)23(34)31-13-7-10-18(31)14-32(24(35)25(26,27)28)20-12-6-9-17-8-4-5-11-19(17)20/h4-5,8,11,16,18,20-21H,1,6-7,9-10,12-14,29H2,2-3H3,(H,30,33)/t16-,18-,20+,21-/m0/s1. The Morgan fingerprint density at radius 3 is 2.54 bits per heavy atom. The smallest absolute Gasteiger partial charge is 0.339 e. The van der Waals surface area contributed by atoms with E-state index in [-0.39, 0.29) is 6.54 Å². The second-order valence-corrected chi connectivity index (χ2v) is 9.47. The molecule has 0 radical (unpaired) electrons. The summed E-state index contributed by atoms with van der Waals surface area (Å²) >= 11 is 0. The summed E-state index contributed by atoms with van der Waals surface area (Å²) in [6.07, 6.45) is -2.18. The lowest BCUT2D eigenvalue weighted by atomic mass is 9.86. The van der Waals surface area contributed by atoms with E-state index >= 15 is 0 Å². The summed E-state index contributed by atoms with van der Waals surface area (Å²) in [5, 5.41) is 2.57. The van der Waals surface area contributed by atoms with Gasteiger partial charge in [0.25, 0.3) is 0 Å². The van der Waals surface area contributed by atoms with Crippen molar-refractivity contribution < 1.29 is 27.6 Å². The van der Waals surface area contributed by atoms with Crippen molar-refractivity contribution in [3.05, 3.63) is 47.5 Å². The zero-order valence-corrected chi connectivity index (χ0v) is 20.1. The second kappa shape index (κ2) is 10.8. The molecule has 4 atom stereocenters. The van der Waals surface area contributed by atoms with Crippen LogP contribution in [0.25, 0.3) is 0 Å². The van der Waals surface area contributed by atoms with Gasteiger partial charge < -0.3 is 20.9 Å².